The lowest BCUT2D eigenvalue weighted by Gasteiger charge is -2.32. The number of carbonyl (C=O) groups is 2. The molecule has 2 fully saturated rings. The molecule has 0 radical (unpaired) electrons. The van der Waals surface area contributed by atoms with Crippen LogP contribution in [0.15, 0.2) is 0 Å². The molecule has 0 bridgehead atoms. The van der Waals surface area contributed by atoms with Crippen LogP contribution in [0.5, 0.6) is 0 Å². The van der Waals surface area contributed by atoms with Crippen molar-refractivity contribution in [3.8, 4) is 0 Å². The zero-order valence-corrected chi connectivity index (χ0v) is 11.5. The first-order chi connectivity index (χ1) is 9.57. The summed E-state index contributed by atoms with van der Waals surface area (Å²) in [6, 6.07) is -0.196. The van der Waals surface area contributed by atoms with E-state index in [2.05, 4.69) is 5.32 Å². The predicted octanol–water partition coefficient (Wildman–Crippen LogP) is 0.0341. The molecular weight excluding hydrogens is 264 g/mol. The Morgan fingerprint density at radius 3 is 2.45 bits per heavy atom. The fourth-order valence-corrected chi connectivity index (χ4v) is 2.42. The van der Waals surface area contributed by atoms with Crippen LogP contribution in [-0.4, -0.2) is 66.1 Å². The van der Waals surface area contributed by atoms with E-state index >= 15 is 0 Å². The molecule has 1 heterocycles. The van der Waals surface area contributed by atoms with Crippen LogP contribution in [-0.2, 0) is 9.53 Å². The van der Waals surface area contributed by atoms with Crippen LogP contribution >= 0.6 is 0 Å². The standard InChI is InChI=1S/C13H22N2O5/c16-7-8-20-10-1-5-15(6-2-10)12(19)14-9-13(3-4-13)11(17)18/h10,16H,1-9H2,(H,14,19)(H,17,18). The molecule has 2 amide bonds. The molecule has 1 saturated heterocycles. The van der Waals surface area contributed by atoms with Gasteiger partial charge in [-0.15, -0.1) is 0 Å². The molecule has 1 aliphatic carbocycles. The number of ether oxygens (including phenoxy) is 1. The van der Waals surface area contributed by atoms with Crippen molar-refractivity contribution in [1.82, 2.24) is 10.2 Å². The van der Waals surface area contributed by atoms with E-state index in [0.29, 0.717) is 32.5 Å². The van der Waals surface area contributed by atoms with Gasteiger partial charge >= 0.3 is 12.0 Å². The summed E-state index contributed by atoms with van der Waals surface area (Å²) in [6.45, 7) is 1.75. The van der Waals surface area contributed by atoms with E-state index in [1.54, 1.807) is 4.90 Å². The lowest BCUT2D eigenvalue weighted by Crippen LogP contribution is -2.47. The van der Waals surface area contributed by atoms with Gasteiger partial charge in [-0.3, -0.25) is 4.79 Å². The highest BCUT2D eigenvalue weighted by molar-refractivity contribution is 5.80. The number of aliphatic carboxylic acids is 1. The normalized spacial score (nSPS) is 21.6. The number of carbonyl (C=O) groups excluding carboxylic acids is 1. The quantitative estimate of drug-likeness (QED) is 0.640. The highest BCUT2D eigenvalue weighted by atomic mass is 16.5. The lowest BCUT2D eigenvalue weighted by molar-refractivity contribution is -0.143. The summed E-state index contributed by atoms with van der Waals surface area (Å²) in [7, 11) is 0. The average Bonchev–Trinajstić information content (AvgIpc) is 3.24. The van der Waals surface area contributed by atoms with Crippen molar-refractivity contribution in [3.05, 3.63) is 0 Å². The minimum absolute atomic E-state index is 0.0119. The molecule has 0 aromatic carbocycles. The average molecular weight is 286 g/mol. The van der Waals surface area contributed by atoms with Gasteiger partial charge in [0.15, 0.2) is 0 Å². The van der Waals surface area contributed by atoms with Gasteiger partial charge in [0.2, 0.25) is 0 Å². The fraction of sp³-hybridized carbons (Fsp3) is 0.846. The molecule has 7 heteroatoms. The first-order valence-corrected chi connectivity index (χ1v) is 7.06. The summed E-state index contributed by atoms with van der Waals surface area (Å²) in [5.74, 6) is -0.825. The zero-order chi connectivity index (χ0) is 14.6. The van der Waals surface area contributed by atoms with Crippen molar-refractivity contribution < 1.29 is 24.5 Å². The van der Waals surface area contributed by atoms with Crippen LogP contribution in [0, 0.1) is 5.41 Å². The Hall–Kier alpha value is -1.34. The Bertz CT molecular complexity index is 362. The van der Waals surface area contributed by atoms with Crippen LogP contribution in [0.1, 0.15) is 25.7 Å². The molecule has 0 aromatic heterocycles. The van der Waals surface area contributed by atoms with Crippen molar-refractivity contribution >= 4 is 12.0 Å². The number of nitrogens with one attached hydrogen (secondary N) is 1. The molecule has 7 nitrogen and oxygen atoms in total. The summed E-state index contributed by atoms with van der Waals surface area (Å²) in [4.78, 5) is 24.7. The molecule has 0 unspecified atom stereocenters. The van der Waals surface area contributed by atoms with Gasteiger partial charge in [0, 0.05) is 19.6 Å². The summed E-state index contributed by atoms with van der Waals surface area (Å²) in [6.07, 6.45) is 2.87. The van der Waals surface area contributed by atoms with Crippen LogP contribution < -0.4 is 5.32 Å². The second-order valence-electron chi connectivity index (χ2n) is 5.52. The second kappa shape index (κ2) is 6.41. The first kappa shape index (κ1) is 15.1. The van der Waals surface area contributed by atoms with E-state index in [4.69, 9.17) is 14.9 Å². The van der Waals surface area contributed by atoms with Gasteiger partial charge in [-0.1, -0.05) is 0 Å². The first-order valence-electron chi connectivity index (χ1n) is 7.06. The maximum absolute atomic E-state index is 12.0. The number of hydrogen-bond acceptors (Lipinski definition) is 4. The van der Waals surface area contributed by atoms with Gasteiger partial charge in [0.05, 0.1) is 24.7 Å². The van der Waals surface area contributed by atoms with E-state index in [1.807, 2.05) is 0 Å². The van der Waals surface area contributed by atoms with Crippen LogP contribution in [0.3, 0.4) is 0 Å². The summed E-state index contributed by atoms with van der Waals surface area (Å²) >= 11 is 0. The molecule has 2 rings (SSSR count). The Morgan fingerprint density at radius 1 is 1.30 bits per heavy atom. The van der Waals surface area contributed by atoms with Crippen molar-refractivity contribution in [2.24, 2.45) is 5.41 Å². The molecule has 0 aromatic rings. The number of carboxylic acids is 1. The number of likely N-dealkylation sites (tertiary alicyclic amines) is 1. The number of urea groups is 1. The molecule has 0 atom stereocenters. The number of hydrogen-bond donors (Lipinski definition) is 3. The smallest absolute Gasteiger partial charge is 0.317 e. The van der Waals surface area contributed by atoms with Crippen molar-refractivity contribution in [3.63, 3.8) is 0 Å². The third-order valence-corrected chi connectivity index (χ3v) is 4.06. The molecule has 1 saturated carbocycles. The van der Waals surface area contributed by atoms with E-state index in [0.717, 1.165) is 12.8 Å². The number of aliphatic hydroxyl groups excluding tert-OH is 1. The molecular formula is C13H22N2O5. The van der Waals surface area contributed by atoms with Crippen molar-refractivity contribution in [1.29, 1.82) is 0 Å². The van der Waals surface area contributed by atoms with Gasteiger partial charge in [-0.2, -0.15) is 0 Å². The van der Waals surface area contributed by atoms with Crippen LogP contribution in [0.2, 0.25) is 0 Å². The van der Waals surface area contributed by atoms with E-state index in [1.165, 1.54) is 0 Å². The highest BCUT2D eigenvalue weighted by Crippen LogP contribution is 2.45. The molecule has 0 spiro atoms. The second-order valence-corrected chi connectivity index (χ2v) is 5.52. The topological polar surface area (TPSA) is 99.1 Å². The summed E-state index contributed by atoms with van der Waals surface area (Å²) in [5.41, 5.74) is -0.724. The van der Waals surface area contributed by atoms with E-state index in [9.17, 15) is 9.59 Å². The van der Waals surface area contributed by atoms with Gasteiger partial charge in [-0.25, -0.2) is 4.79 Å². The Labute approximate surface area is 117 Å². The number of rotatable bonds is 6. The molecule has 114 valence electrons. The largest absolute Gasteiger partial charge is 0.481 e. The Kier molecular flexibility index (Phi) is 4.82. The summed E-state index contributed by atoms with van der Waals surface area (Å²) in [5, 5.41) is 20.4. The molecule has 20 heavy (non-hydrogen) atoms. The monoisotopic (exact) mass is 286 g/mol. The number of carboxylic acid groups (broad SMARTS) is 1. The predicted molar refractivity (Wildman–Crippen MR) is 70.3 cm³/mol. The Morgan fingerprint density at radius 2 is 1.95 bits per heavy atom. The van der Waals surface area contributed by atoms with E-state index < -0.39 is 11.4 Å². The number of piperidine rings is 1. The minimum Gasteiger partial charge on any atom is -0.481 e. The lowest BCUT2D eigenvalue weighted by atomic mass is 10.1. The maximum atomic E-state index is 12.0. The fourth-order valence-electron chi connectivity index (χ4n) is 2.42. The number of amides is 2. The number of aliphatic hydroxyl groups is 1. The van der Waals surface area contributed by atoms with Crippen molar-refractivity contribution in [2.45, 2.75) is 31.8 Å². The zero-order valence-electron chi connectivity index (χ0n) is 11.5. The Balaban J connectivity index is 1.68. The van der Waals surface area contributed by atoms with Gasteiger partial charge in [-0.05, 0) is 25.7 Å². The van der Waals surface area contributed by atoms with E-state index in [-0.39, 0.29) is 25.3 Å². The summed E-state index contributed by atoms with van der Waals surface area (Å²) < 4.78 is 5.43. The molecule has 3 N–H and O–H groups in total. The van der Waals surface area contributed by atoms with Gasteiger partial charge in [0.1, 0.15) is 0 Å². The SMILES string of the molecule is O=C(NCC1(C(=O)O)CC1)N1CCC(OCCO)CC1. The third-order valence-electron chi connectivity index (χ3n) is 4.06. The van der Waals surface area contributed by atoms with Crippen molar-refractivity contribution in [2.75, 3.05) is 32.8 Å². The third kappa shape index (κ3) is 3.61. The van der Waals surface area contributed by atoms with Crippen LogP contribution in [0.25, 0.3) is 0 Å². The van der Waals surface area contributed by atoms with Gasteiger partial charge in [0.25, 0.3) is 0 Å². The number of nitrogens with zero attached hydrogens (tertiary/aromatic N) is 1. The highest BCUT2D eigenvalue weighted by Gasteiger charge is 2.50. The van der Waals surface area contributed by atoms with Crippen LogP contribution in [0.4, 0.5) is 4.79 Å². The molecule has 2 aliphatic rings. The molecule has 1 aliphatic heterocycles. The minimum atomic E-state index is -0.825. The van der Waals surface area contributed by atoms with Gasteiger partial charge < -0.3 is 25.2 Å². The maximum Gasteiger partial charge on any atom is 0.317 e.